The van der Waals surface area contributed by atoms with Crippen molar-refractivity contribution >= 4 is 35.6 Å². The number of pyridine rings is 2. The number of nitrogens with one attached hydrogen (secondary N) is 1. The van der Waals surface area contributed by atoms with Gasteiger partial charge in [0.1, 0.15) is 6.10 Å². The van der Waals surface area contributed by atoms with Crippen molar-refractivity contribution < 1.29 is 4.74 Å². The highest BCUT2D eigenvalue weighted by Crippen LogP contribution is 2.16. The summed E-state index contributed by atoms with van der Waals surface area (Å²) in [6.07, 6.45) is 4.75. The number of aliphatic imine (C=N–C) groups is 1. The summed E-state index contributed by atoms with van der Waals surface area (Å²) in [5, 5.41) is 11.8. The summed E-state index contributed by atoms with van der Waals surface area (Å²) in [6, 6.07) is 11.5. The van der Waals surface area contributed by atoms with Crippen molar-refractivity contribution in [1.29, 1.82) is 0 Å². The van der Waals surface area contributed by atoms with Crippen LogP contribution in [0.25, 0.3) is 5.65 Å². The number of likely N-dealkylation sites (tertiary alicyclic amines) is 1. The van der Waals surface area contributed by atoms with E-state index in [-0.39, 0.29) is 30.1 Å². The van der Waals surface area contributed by atoms with Crippen LogP contribution in [0.1, 0.15) is 12.2 Å². The molecule has 142 valence electrons. The van der Waals surface area contributed by atoms with Crippen LogP contribution in [-0.2, 0) is 6.54 Å². The van der Waals surface area contributed by atoms with Crippen LogP contribution in [0.3, 0.4) is 0 Å². The molecule has 3 aromatic heterocycles. The Kier molecular flexibility index (Phi) is 6.43. The lowest BCUT2D eigenvalue weighted by molar-refractivity contribution is 0.205. The van der Waals surface area contributed by atoms with Gasteiger partial charge >= 0.3 is 0 Å². The quantitative estimate of drug-likeness (QED) is 0.350. The summed E-state index contributed by atoms with van der Waals surface area (Å²) in [5.41, 5.74) is 0.837. The van der Waals surface area contributed by atoms with Gasteiger partial charge in [0.05, 0.1) is 13.1 Å². The Morgan fingerprint density at radius 2 is 2.15 bits per heavy atom. The third-order valence-electron chi connectivity index (χ3n) is 4.37. The Labute approximate surface area is 174 Å². The van der Waals surface area contributed by atoms with Gasteiger partial charge in [-0.2, -0.15) is 0 Å². The lowest BCUT2D eigenvalue weighted by atomic mass is 10.3. The van der Waals surface area contributed by atoms with Crippen LogP contribution in [0.2, 0.25) is 0 Å². The van der Waals surface area contributed by atoms with E-state index in [2.05, 4.69) is 30.4 Å². The lowest BCUT2D eigenvalue weighted by Crippen LogP contribution is -2.40. The zero-order valence-corrected chi connectivity index (χ0v) is 17.4. The van der Waals surface area contributed by atoms with Gasteiger partial charge in [-0.25, -0.2) is 4.98 Å². The number of guanidine groups is 1. The van der Waals surface area contributed by atoms with Crippen LogP contribution in [0.5, 0.6) is 5.88 Å². The molecule has 1 fully saturated rings. The molecular weight excluding hydrogens is 457 g/mol. The fourth-order valence-electron chi connectivity index (χ4n) is 3.11. The molecule has 1 aliphatic heterocycles. The van der Waals surface area contributed by atoms with Crippen LogP contribution >= 0.6 is 24.0 Å². The number of halogens is 1. The molecule has 3 aromatic rings. The number of hydrogen-bond acceptors (Lipinski definition) is 5. The van der Waals surface area contributed by atoms with Gasteiger partial charge in [-0.3, -0.25) is 9.39 Å². The topological polar surface area (TPSA) is 79.9 Å². The predicted molar refractivity (Wildman–Crippen MR) is 113 cm³/mol. The zero-order valence-electron chi connectivity index (χ0n) is 15.0. The van der Waals surface area contributed by atoms with E-state index in [0.717, 1.165) is 36.9 Å². The summed E-state index contributed by atoms with van der Waals surface area (Å²) in [7, 11) is 1.79. The zero-order chi connectivity index (χ0) is 17.8. The molecule has 4 rings (SSSR count). The molecule has 0 radical (unpaired) electrons. The van der Waals surface area contributed by atoms with E-state index in [9.17, 15) is 0 Å². The number of aromatic nitrogens is 4. The van der Waals surface area contributed by atoms with E-state index in [1.54, 1.807) is 13.2 Å². The van der Waals surface area contributed by atoms with Crippen LogP contribution < -0.4 is 10.1 Å². The maximum absolute atomic E-state index is 5.95. The molecule has 0 aromatic carbocycles. The first-order chi connectivity index (χ1) is 12.8. The van der Waals surface area contributed by atoms with E-state index in [1.165, 1.54) is 0 Å². The van der Waals surface area contributed by atoms with Gasteiger partial charge in [0.25, 0.3) is 0 Å². The summed E-state index contributed by atoms with van der Waals surface area (Å²) in [4.78, 5) is 10.8. The average Bonchev–Trinajstić information content (AvgIpc) is 3.31. The maximum atomic E-state index is 5.95. The molecule has 1 unspecified atom stereocenters. The van der Waals surface area contributed by atoms with Crippen molar-refractivity contribution in [2.24, 2.45) is 4.99 Å². The van der Waals surface area contributed by atoms with Crippen molar-refractivity contribution in [3.05, 3.63) is 54.6 Å². The van der Waals surface area contributed by atoms with Crippen molar-refractivity contribution in [1.82, 2.24) is 29.8 Å². The molecule has 8 nitrogen and oxygen atoms in total. The normalized spacial score (nSPS) is 17.0. The number of fused-ring (bicyclic) bond motifs is 1. The van der Waals surface area contributed by atoms with E-state index < -0.39 is 0 Å². The second-order valence-electron chi connectivity index (χ2n) is 6.09. The Morgan fingerprint density at radius 3 is 2.96 bits per heavy atom. The average molecular weight is 479 g/mol. The molecule has 0 spiro atoms. The van der Waals surface area contributed by atoms with Crippen molar-refractivity contribution in [2.45, 2.75) is 19.1 Å². The van der Waals surface area contributed by atoms with Crippen LogP contribution in [0.4, 0.5) is 0 Å². The third kappa shape index (κ3) is 4.46. The summed E-state index contributed by atoms with van der Waals surface area (Å²) in [5.74, 6) is 2.35. The minimum Gasteiger partial charge on any atom is -0.472 e. The summed E-state index contributed by atoms with van der Waals surface area (Å²) >= 11 is 0. The highest BCUT2D eigenvalue weighted by Gasteiger charge is 2.26. The van der Waals surface area contributed by atoms with Crippen molar-refractivity contribution in [3.63, 3.8) is 0 Å². The first-order valence-corrected chi connectivity index (χ1v) is 8.65. The molecule has 27 heavy (non-hydrogen) atoms. The standard InChI is InChI=1S/C18H21N7O.HI/c1-19-18(21-12-16-23-22-15-6-3-5-10-25(15)16)24-11-8-14(13-24)26-17-7-2-4-9-20-17;/h2-7,9-10,14H,8,11-13H2,1H3,(H,19,21);1H. The first-order valence-electron chi connectivity index (χ1n) is 8.65. The number of hydrogen-bond donors (Lipinski definition) is 1. The Balaban J connectivity index is 0.00000210. The van der Waals surface area contributed by atoms with E-state index in [4.69, 9.17) is 4.74 Å². The molecule has 0 amide bonds. The van der Waals surface area contributed by atoms with Gasteiger partial charge in [0.15, 0.2) is 17.4 Å². The molecule has 9 heteroatoms. The van der Waals surface area contributed by atoms with Gasteiger partial charge in [-0.15, -0.1) is 34.2 Å². The second-order valence-corrected chi connectivity index (χ2v) is 6.09. The van der Waals surface area contributed by atoms with Gasteiger partial charge < -0.3 is 15.0 Å². The van der Waals surface area contributed by atoms with E-state index in [1.807, 2.05) is 47.0 Å². The minimum absolute atomic E-state index is 0. The molecule has 1 N–H and O–H groups in total. The largest absolute Gasteiger partial charge is 0.472 e. The highest BCUT2D eigenvalue weighted by molar-refractivity contribution is 14.0. The van der Waals surface area contributed by atoms with Crippen molar-refractivity contribution in [2.75, 3.05) is 20.1 Å². The van der Waals surface area contributed by atoms with Crippen LogP contribution in [-0.4, -0.2) is 56.7 Å². The predicted octanol–water partition coefficient (Wildman–Crippen LogP) is 1.97. The van der Waals surface area contributed by atoms with Gasteiger partial charge in [-0.05, 0) is 18.2 Å². The van der Waals surface area contributed by atoms with Crippen LogP contribution in [0, 0.1) is 0 Å². The van der Waals surface area contributed by atoms with E-state index >= 15 is 0 Å². The van der Waals surface area contributed by atoms with Crippen molar-refractivity contribution in [3.8, 4) is 5.88 Å². The smallest absolute Gasteiger partial charge is 0.213 e. The fraction of sp³-hybridized carbons (Fsp3) is 0.333. The molecular formula is C18H22IN7O. The van der Waals surface area contributed by atoms with Crippen LogP contribution in [0.15, 0.2) is 53.8 Å². The Morgan fingerprint density at radius 1 is 1.26 bits per heavy atom. The molecule has 0 aliphatic carbocycles. The van der Waals surface area contributed by atoms with E-state index in [0.29, 0.717) is 12.4 Å². The van der Waals surface area contributed by atoms with Gasteiger partial charge in [0, 0.05) is 38.5 Å². The summed E-state index contributed by atoms with van der Waals surface area (Å²) in [6.45, 7) is 2.22. The molecule has 0 bridgehead atoms. The number of ether oxygens (including phenoxy) is 1. The molecule has 0 saturated carbocycles. The highest BCUT2D eigenvalue weighted by atomic mass is 127. The fourth-order valence-corrected chi connectivity index (χ4v) is 3.11. The monoisotopic (exact) mass is 479 g/mol. The maximum Gasteiger partial charge on any atom is 0.213 e. The Hall–Kier alpha value is -2.43. The second kappa shape index (κ2) is 8.98. The number of nitrogens with zero attached hydrogens (tertiary/aromatic N) is 6. The van der Waals surface area contributed by atoms with Gasteiger partial charge in [0.2, 0.25) is 5.88 Å². The Bertz CT molecular complexity index is 899. The molecule has 4 heterocycles. The third-order valence-corrected chi connectivity index (χ3v) is 4.37. The molecule has 1 saturated heterocycles. The summed E-state index contributed by atoms with van der Waals surface area (Å²) < 4.78 is 7.92. The lowest BCUT2D eigenvalue weighted by Gasteiger charge is -2.21. The SMILES string of the molecule is CN=C(NCc1nnc2ccccn12)N1CCC(Oc2ccccn2)C1.I. The molecule has 1 atom stereocenters. The first kappa shape index (κ1) is 19.3. The molecule has 1 aliphatic rings. The van der Waals surface area contributed by atoms with Gasteiger partial charge in [-0.1, -0.05) is 12.1 Å². The minimum atomic E-state index is 0. The number of rotatable bonds is 4.